The number of carbonyl (C=O) groups excluding carboxylic acids is 1. The lowest BCUT2D eigenvalue weighted by Gasteiger charge is -2.22. The molecule has 0 bridgehead atoms. The number of amides is 1. The van der Waals surface area contributed by atoms with Crippen molar-refractivity contribution < 1.29 is 13.2 Å². The van der Waals surface area contributed by atoms with E-state index < -0.39 is 10.0 Å². The maximum absolute atomic E-state index is 12.8. The molecule has 0 aliphatic carbocycles. The van der Waals surface area contributed by atoms with Gasteiger partial charge in [0.1, 0.15) is 0 Å². The number of nitrogens with one attached hydrogen (secondary N) is 1. The van der Waals surface area contributed by atoms with Gasteiger partial charge in [0.2, 0.25) is 10.0 Å². The highest BCUT2D eigenvalue weighted by atomic mass is 32.2. The highest BCUT2D eigenvalue weighted by molar-refractivity contribution is 7.92. The van der Waals surface area contributed by atoms with Gasteiger partial charge < -0.3 is 5.32 Å². The summed E-state index contributed by atoms with van der Waals surface area (Å²) in [5.74, 6) is 0.241. The lowest BCUT2D eigenvalue weighted by atomic mass is 9.96. The van der Waals surface area contributed by atoms with E-state index in [9.17, 15) is 13.2 Å². The number of anilines is 1. The van der Waals surface area contributed by atoms with Gasteiger partial charge in [-0.2, -0.15) is 0 Å². The molecule has 1 N–H and O–H groups in total. The van der Waals surface area contributed by atoms with Crippen LogP contribution in [0.2, 0.25) is 0 Å². The number of nitrogens with zero attached hydrogens (tertiary/aromatic N) is 1. The maximum Gasteiger partial charge on any atom is 0.251 e. The first-order chi connectivity index (χ1) is 13.2. The molecule has 2 rings (SSSR count). The van der Waals surface area contributed by atoms with Crippen LogP contribution in [-0.4, -0.2) is 27.1 Å². The second-order valence-electron chi connectivity index (χ2n) is 7.20. The van der Waals surface area contributed by atoms with Gasteiger partial charge in [-0.25, -0.2) is 8.42 Å². The average Bonchev–Trinajstić information content (AvgIpc) is 2.65. The van der Waals surface area contributed by atoms with Gasteiger partial charge in [-0.3, -0.25) is 9.10 Å². The Morgan fingerprint density at radius 1 is 1.11 bits per heavy atom. The molecule has 0 aromatic heterocycles. The fourth-order valence-corrected chi connectivity index (χ4v) is 3.89. The molecular weight excluding hydrogens is 372 g/mol. The van der Waals surface area contributed by atoms with Crippen molar-refractivity contribution in [3.63, 3.8) is 0 Å². The van der Waals surface area contributed by atoms with Crippen molar-refractivity contribution in [3.05, 3.63) is 78.4 Å². The summed E-state index contributed by atoms with van der Waals surface area (Å²) < 4.78 is 25.1. The zero-order valence-electron chi connectivity index (χ0n) is 16.6. The smallest absolute Gasteiger partial charge is 0.251 e. The standard InChI is InChI=1S/C22H28N2O3S/c1-5-15-24(28(4,26)27)20-13-11-19(12-14-20)22(25)23-21(16-17(2)3)18-9-7-6-8-10-18/h5-14,17,21H,1,15-16H2,2-4H3,(H,23,25). The van der Waals surface area contributed by atoms with Crippen LogP contribution in [0.4, 0.5) is 5.69 Å². The highest BCUT2D eigenvalue weighted by Crippen LogP contribution is 2.23. The predicted octanol–water partition coefficient (Wildman–Crippen LogP) is 4.16. The second kappa shape index (κ2) is 9.55. The van der Waals surface area contributed by atoms with Crippen molar-refractivity contribution in [2.75, 3.05) is 17.1 Å². The van der Waals surface area contributed by atoms with Crippen molar-refractivity contribution in [2.45, 2.75) is 26.3 Å². The average molecular weight is 401 g/mol. The topological polar surface area (TPSA) is 66.5 Å². The number of hydrogen-bond acceptors (Lipinski definition) is 3. The SMILES string of the molecule is C=CCN(c1ccc(C(=O)NC(CC(C)C)c2ccccc2)cc1)S(C)(=O)=O. The number of carbonyl (C=O) groups is 1. The molecular formula is C22H28N2O3S. The third-order valence-corrected chi connectivity index (χ3v) is 5.49. The molecule has 0 fully saturated rings. The Balaban J connectivity index is 2.20. The summed E-state index contributed by atoms with van der Waals surface area (Å²) in [4.78, 5) is 12.8. The fourth-order valence-electron chi connectivity index (χ4n) is 3.01. The monoisotopic (exact) mass is 400 g/mol. The van der Waals surface area contributed by atoms with Gasteiger partial charge in [0.15, 0.2) is 0 Å². The summed E-state index contributed by atoms with van der Waals surface area (Å²) in [6.07, 6.45) is 3.50. The molecule has 28 heavy (non-hydrogen) atoms. The number of rotatable bonds is 9. The summed E-state index contributed by atoms with van der Waals surface area (Å²) in [6, 6.07) is 16.4. The van der Waals surface area contributed by atoms with Crippen molar-refractivity contribution >= 4 is 21.6 Å². The van der Waals surface area contributed by atoms with Crippen LogP contribution in [0.5, 0.6) is 0 Å². The van der Waals surface area contributed by atoms with E-state index in [0.717, 1.165) is 18.2 Å². The van der Waals surface area contributed by atoms with Crippen molar-refractivity contribution in [1.82, 2.24) is 5.32 Å². The molecule has 1 amide bonds. The Hall–Kier alpha value is -2.60. The Labute approximate surface area is 168 Å². The van der Waals surface area contributed by atoms with E-state index in [1.165, 1.54) is 10.4 Å². The molecule has 1 atom stereocenters. The third kappa shape index (κ3) is 5.96. The van der Waals surface area contributed by atoms with Gasteiger partial charge in [0.25, 0.3) is 5.91 Å². The molecule has 0 saturated carbocycles. The molecule has 2 aromatic rings. The van der Waals surface area contributed by atoms with E-state index >= 15 is 0 Å². The van der Waals surface area contributed by atoms with Gasteiger partial charge >= 0.3 is 0 Å². The van der Waals surface area contributed by atoms with E-state index in [1.807, 2.05) is 30.3 Å². The van der Waals surface area contributed by atoms with E-state index in [2.05, 4.69) is 25.7 Å². The molecule has 0 saturated heterocycles. The first-order valence-corrected chi connectivity index (χ1v) is 11.1. The molecule has 1 unspecified atom stereocenters. The summed E-state index contributed by atoms with van der Waals surface area (Å²) in [6.45, 7) is 8.02. The quantitative estimate of drug-likeness (QED) is 0.643. The van der Waals surface area contributed by atoms with Crippen LogP contribution in [0.25, 0.3) is 0 Å². The van der Waals surface area contributed by atoms with Gasteiger partial charge in [-0.1, -0.05) is 50.3 Å². The van der Waals surface area contributed by atoms with Gasteiger partial charge in [-0.15, -0.1) is 6.58 Å². The fraction of sp³-hybridized carbons (Fsp3) is 0.318. The summed E-state index contributed by atoms with van der Waals surface area (Å²) in [7, 11) is -3.42. The molecule has 0 radical (unpaired) electrons. The molecule has 5 nitrogen and oxygen atoms in total. The largest absolute Gasteiger partial charge is 0.345 e. The number of benzene rings is 2. The summed E-state index contributed by atoms with van der Waals surface area (Å²) in [5.41, 5.74) is 2.05. The van der Waals surface area contributed by atoms with Crippen molar-refractivity contribution in [1.29, 1.82) is 0 Å². The van der Waals surface area contributed by atoms with E-state index in [1.54, 1.807) is 24.3 Å². The van der Waals surface area contributed by atoms with Crippen molar-refractivity contribution in [2.24, 2.45) is 5.92 Å². The van der Waals surface area contributed by atoms with Crippen LogP contribution < -0.4 is 9.62 Å². The van der Waals surface area contributed by atoms with Gasteiger partial charge in [-0.05, 0) is 42.2 Å². The van der Waals surface area contributed by atoms with Gasteiger partial charge in [0, 0.05) is 5.56 Å². The van der Waals surface area contributed by atoms with Crippen LogP contribution in [-0.2, 0) is 10.0 Å². The molecule has 0 aliphatic heterocycles. The normalized spacial score (nSPS) is 12.4. The van der Waals surface area contributed by atoms with Gasteiger partial charge in [0.05, 0.1) is 24.5 Å². The Bertz CT molecular complexity index is 891. The van der Waals surface area contributed by atoms with E-state index in [4.69, 9.17) is 0 Å². The first-order valence-electron chi connectivity index (χ1n) is 9.27. The lowest BCUT2D eigenvalue weighted by Crippen LogP contribution is -2.31. The van der Waals surface area contributed by atoms with Crippen LogP contribution >= 0.6 is 0 Å². The molecule has 0 aliphatic rings. The minimum atomic E-state index is -3.42. The zero-order chi connectivity index (χ0) is 20.7. The first kappa shape index (κ1) is 21.7. The Morgan fingerprint density at radius 2 is 1.71 bits per heavy atom. The number of sulfonamides is 1. The highest BCUT2D eigenvalue weighted by Gasteiger charge is 2.19. The summed E-state index contributed by atoms with van der Waals surface area (Å²) in [5, 5.41) is 3.10. The van der Waals surface area contributed by atoms with E-state index in [0.29, 0.717) is 17.2 Å². The molecule has 0 spiro atoms. The second-order valence-corrected chi connectivity index (χ2v) is 9.10. The lowest BCUT2D eigenvalue weighted by molar-refractivity contribution is 0.0932. The zero-order valence-corrected chi connectivity index (χ0v) is 17.4. The minimum Gasteiger partial charge on any atom is -0.345 e. The predicted molar refractivity (Wildman–Crippen MR) is 115 cm³/mol. The minimum absolute atomic E-state index is 0.0818. The summed E-state index contributed by atoms with van der Waals surface area (Å²) >= 11 is 0. The van der Waals surface area contributed by atoms with Crippen LogP contribution in [0.15, 0.2) is 67.3 Å². The van der Waals surface area contributed by atoms with Crippen LogP contribution in [0, 0.1) is 5.92 Å². The van der Waals surface area contributed by atoms with Crippen LogP contribution in [0.1, 0.15) is 42.2 Å². The molecule has 6 heteroatoms. The molecule has 2 aromatic carbocycles. The van der Waals surface area contributed by atoms with Crippen molar-refractivity contribution in [3.8, 4) is 0 Å². The Kier molecular flexibility index (Phi) is 7.40. The molecule has 0 heterocycles. The Morgan fingerprint density at radius 3 is 2.21 bits per heavy atom. The maximum atomic E-state index is 12.8. The molecule has 150 valence electrons. The number of hydrogen-bond donors (Lipinski definition) is 1. The van der Waals surface area contributed by atoms with E-state index in [-0.39, 0.29) is 18.5 Å². The third-order valence-electron chi connectivity index (χ3n) is 4.33. The van der Waals surface area contributed by atoms with Crippen LogP contribution in [0.3, 0.4) is 0 Å².